The van der Waals surface area contributed by atoms with Crippen LogP contribution in [0.25, 0.3) is 0 Å². The van der Waals surface area contributed by atoms with Gasteiger partial charge < -0.3 is 4.90 Å². The second-order valence-corrected chi connectivity index (χ2v) is 5.45. The highest BCUT2D eigenvalue weighted by Gasteiger charge is 2.25. The molecule has 1 aromatic carbocycles. The van der Waals surface area contributed by atoms with E-state index in [2.05, 4.69) is 30.1 Å². The summed E-state index contributed by atoms with van der Waals surface area (Å²) < 4.78 is 0. The summed E-state index contributed by atoms with van der Waals surface area (Å²) in [6, 6.07) is 10.5. The van der Waals surface area contributed by atoms with E-state index >= 15 is 0 Å². The molecule has 1 atom stereocenters. The largest absolute Gasteiger partial charge is 0.378 e. The van der Waals surface area contributed by atoms with Crippen molar-refractivity contribution in [2.75, 3.05) is 25.5 Å². The van der Waals surface area contributed by atoms with Crippen LogP contribution >= 0.6 is 0 Å². The fraction of sp³-hybridized carbons (Fsp3) is 0.533. The Labute approximate surface area is 110 Å². The van der Waals surface area contributed by atoms with Crippen LogP contribution in [0.4, 0.5) is 5.69 Å². The van der Waals surface area contributed by atoms with E-state index in [-0.39, 0.29) is 0 Å². The first-order chi connectivity index (χ1) is 8.39. The molecule has 1 rings (SSSR count). The van der Waals surface area contributed by atoms with Gasteiger partial charge >= 0.3 is 0 Å². The van der Waals surface area contributed by atoms with Crippen molar-refractivity contribution >= 4 is 5.69 Å². The van der Waals surface area contributed by atoms with Crippen molar-refractivity contribution in [1.29, 1.82) is 5.26 Å². The van der Waals surface area contributed by atoms with Gasteiger partial charge in [-0.15, -0.1) is 0 Å². The number of nitriles is 1. The molecule has 0 saturated heterocycles. The fourth-order valence-electron chi connectivity index (χ4n) is 1.71. The van der Waals surface area contributed by atoms with Gasteiger partial charge in [0.1, 0.15) is 5.54 Å². The Balaban J connectivity index is 2.91. The third-order valence-electron chi connectivity index (χ3n) is 3.05. The number of rotatable bonds is 5. The van der Waals surface area contributed by atoms with Crippen molar-refractivity contribution in [2.24, 2.45) is 5.92 Å². The number of benzene rings is 1. The molecule has 0 bridgehead atoms. The molecular formula is C15H23N3. The molecule has 0 aliphatic rings. The molecule has 0 radical (unpaired) electrons. The molecule has 0 saturated carbocycles. The Hall–Kier alpha value is -1.53. The van der Waals surface area contributed by atoms with Crippen LogP contribution in [0.1, 0.15) is 26.3 Å². The lowest BCUT2D eigenvalue weighted by Gasteiger charge is -2.25. The minimum atomic E-state index is -0.616. The molecule has 1 aromatic rings. The summed E-state index contributed by atoms with van der Waals surface area (Å²) >= 11 is 0. The van der Waals surface area contributed by atoms with E-state index < -0.39 is 5.54 Å². The molecule has 0 fully saturated rings. The molecule has 1 N–H and O–H groups in total. The van der Waals surface area contributed by atoms with E-state index in [0.29, 0.717) is 5.92 Å². The van der Waals surface area contributed by atoms with E-state index in [1.807, 2.05) is 45.3 Å². The van der Waals surface area contributed by atoms with E-state index in [0.717, 1.165) is 17.8 Å². The molecule has 98 valence electrons. The summed E-state index contributed by atoms with van der Waals surface area (Å²) in [7, 11) is 4.02. The van der Waals surface area contributed by atoms with Crippen molar-refractivity contribution < 1.29 is 0 Å². The predicted octanol–water partition coefficient (Wildman–Crippen LogP) is 2.74. The van der Waals surface area contributed by atoms with Gasteiger partial charge in [0.05, 0.1) is 6.07 Å². The molecule has 0 heterocycles. The van der Waals surface area contributed by atoms with E-state index in [1.165, 1.54) is 0 Å². The van der Waals surface area contributed by atoms with Crippen molar-refractivity contribution in [2.45, 2.75) is 26.3 Å². The third kappa shape index (κ3) is 3.48. The summed E-state index contributed by atoms with van der Waals surface area (Å²) in [5.74, 6) is 0.527. The minimum Gasteiger partial charge on any atom is -0.378 e. The topological polar surface area (TPSA) is 39.1 Å². The van der Waals surface area contributed by atoms with Gasteiger partial charge in [-0.2, -0.15) is 5.26 Å². The summed E-state index contributed by atoms with van der Waals surface area (Å²) in [5.41, 5.74) is 1.54. The summed E-state index contributed by atoms with van der Waals surface area (Å²) in [6.45, 7) is 7.04. The highest BCUT2D eigenvalue weighted by Crippen LogP contribution is 2.23. The van der Waals surface area contributed by atoms with Crippen LogP contribution < -0.4 is 10.2 Å². The van der Waals surface area contributed by atoms with Crippen molar-refractivity contribution in [3.8, 4) is 6.07 Å². The average molecular weight is 245 g/mol. The maximum absolute atomic E-state index is 9.41. The molecule has 0 aromatic heterocycles. The third-order valence-corrected chi connectivity index (χ3v) is 3.05. The van der Waals surface area contributed by atoms with Crippen LogP contribution in [-0.2, 0) is 5.54 Å². The first kappa shape index (κ1) is 14.5. The minimum absolute atomic E-state index is 0.527. The van der Waals surface area contributed by atoms with Crippen molar-refractivity contribution in [3.63, 3.8) is 0 Å². The molecule has 18 heavy (non-hydrogen) atoms. The maximum Gasteiger partial charge on any atom is 0.129 e. The van der Waals surface area contributed by atoms with Crippen LogP contribution in [0.15, 0.2) is 24.3 Å². The number of nitrogens with one attached hydrogen (secondary N) is 1. The van der Waals surface area contributed by atoms with Gasteiger partial charge in [-0.05, 0) is 37.1 Å². The lowest BCUT2D eigenvalue weighted by molar-refractivity contribution is 0.423. The van der Waals surface area contributed by atoms with Gasteiger partial charge in [-0.1, -0.05) is 26.0 Å². The lowest BCUT2D eigenvalue weighted by Crippen LogP contribution is -2.40. The first-order valence-electron chi connectivity index (χ1n) is 6.33. The summed E-state index contributed by atoms with van der Waals surface area (Å²) in [4.78, 5) is 2.05. The lowest BCUT2D eigenvalue weighted by atomic mass is 9.93. The Morgan fingerprint density at radius 3 is 2.22 bits per heavy atom. The first-order valence-corrected chi connectivity index (χ1v) is 6.33. The molecule has 0 amide bonds. The zero-order chi connectivity index (χ0) is 13.8. The summed E-state index contributed by atoms with van der Waals surface area (Å²) in [6.07, 6.45) is 0. The van der Waals surface area contributed by atoms with Crippen LogP contribution in [0, 0.1) is 17.2 Å². The van der Waals surface area contributed by atoms with Crippen LogP contribution in [-0.4, -0.2) is 20.6 Å². The number of nitrogens with zero attached hydrogens (tertiary/aromatic N) is 2. The highest BCUT2D eigenvalue weighted by atomic mass is 15.1. The summed E-state index contributed by atoms with van der Waals surface area (Å²) in [5, 5.41) is 12.7. The van der Waals surface area contributed by atoms with Crippen LogP contribution in [0.2, 0.25) is 0 Å². The molecule has 0 aliphatic heterocycles. The number of anilines is 1. The van der Waals surface area contributed by atoms with Gasteiger partial charge in [0, 0.05) is 19.8 Å². The van der Waals surface area contributed by atoms with E-state index in [1.54, 1.807) is 0 Å². The monoisotopic (exact) mass is 245 g/mol. The Bertz CT molecular complexity index is 414. The van der Waals surface area contributed by atoms with E-state index in [9.17, 15) is 5.26 Å². The Morgan fingerprint density at radius 2 is 1.83 bits per heavy atom. The molecule has 3 heteroatoms. The normalized spacial score (nSPS) is 14.1. The maximum atomic E-state index is 9.41. The quantitative estimate of drug-likeness (QED) is 0.867. The molecule has 0 aliphatic carbocycles. The molecule has 0 spiro atoms. The zero-order valence-electron chi connectivity index (χ0n) is 12.0. The predicted molar refractivity (Wildman–Crippen MR) is 76.6 cm³/mol. The van der Waals surface area contributed by atoms with Crippen molar-refractivity contribution in [3.05, 3.63) is 29.8 Å². The molecule has 1 unspecified atom stereocenters. The van der Waals surface area contributed by atoms with Gasteiger partial charge in [-0.3, -0.25) is 5.32 Å². The van der Waals surface area contributed by atoms with Gasteiger partial charge in [0.15, 0.2) is 0 Å². The smallest absolute Gasteiger partial charge is 0.129 e. The fourth-order valence-corrected chi connectivity index (χ4v) is 1.71. The van der Waals surface area contributed by atoms with Crippen LogP contribution in [0.3, 0.4) is 0 Å². The van der Waals surface area contributed by atoms with Gasteiger partial charge in [-0.25, -0.2) is 0 Å². The second kappa shape index (κ2) is 5.88. The Kier molecular flexibility index (Phi) is 4.75. The number of hydrogen-bond donors (Lipinski definition) is 1. The highest BCUT2D eigenvalue weighted by molar-refractivity contribution is 5.48. The van der Waals surface area contributed by atoms with Crippen LogP contribution in [0.5, 0.6) is 0 Å². The average Bonchev–Trinajstić information content (AvgIpc) is 2.36. The molecule has 3 nitrogen and oxygen atoms in total. The Morgan fingerprint density at radius 1 is 1.28 bits per heavy atom. The second-order valence-electron chi connectivity index (χ2n) is 5.45. The van der Waals surface area contributed by atoms with Gasteiger partial charge in [0.2, 0.25) is 0 Å². The standard InChI is InChI=1S/C15H23N3/c1-12(2)10-17-15(3,11-16)13-6-8-14(9-7-13)18(4)5/h6-9,12,17H,10H2,1-5H3. The molecular weight excluding hydrogens is 222 g/mol. The SMILES string of the molecule is CC(C)CNC(C)(C#N)c1ccc(N(C)C)cc1. The van der Waals surface area contributed by atoms with Gasteiger partial charge in [0.25, 0.3) is 0 Å². The zero-order valence-corrected chi connectivity index (χ0v) is 12.0. The van der Waals surface area contributed by atoms with E-state index in [4.69, 9.17) is 0 Å². The van der Waals surface area contributed by atoms with Crippen molar-refractivity contribution in [1.82, 2.24) is 5.32 Å². The number of hydrogen-bond acceptors (Lipinski definition) is 3.